The van der Waals surface area contributed by atoms with Gasteiger partial charge in [0.25, 0.3) is 0 Å². The van der Waals surface area contributed by atoms with Crippen molar-refractivity contribution in [2.45, 2.75) is 0 Å². The number of hydrogen-bond donors (Lipinski definition) is 3. The van der Waals surface area contributed by atoms with Crippen molar-refractivity contribution in [3.8, 4) is 18.1 Å². The summed E-state index contributed by atoms with van der Waals surface area (Å²) in [6.07, 6.45) is 6.13. The van der Waals surface area contributed by atoms with Crippen LogP contribution in [0.1, 0.15) is 0 Å². The molecule has 1 aromatic carbocycles. The topological polar surface area (TPSA) is 70.1 Å². The molecule has 6 heteroatoms. The molecule has 0 saturated heterocycles. The van der Waals surface area contributed by atoms with E-state index >= 15 is 0 Å². The maximum atomic E-state index is 13.4. The Kier molecular flexibility index (Phi) is 3.78. The number of phenolic OH excluding ortho intramolecular Hbond substituents is 1. The number of aromatic hydroxyl groups is 1. The van der Waals surface area contributed by atoms with E-state index in [2.05, 4.69) is 26.5 Å². The molecule has 0 atom stereocenters. The van der Waals surface area contributed by atoms with E-state index in [1.54, 1.807) is 12.1 Å². The van der Waals surface area contributed by atoms with Gasteiger partial charge in [0.05, 0.1) is 12.7 Å². The van der Waals surface area contributed by atoms with Crippen LogP contribution in [-0.2, 0) is 0 Å². The predicted octanol–water partition coefficient (Wildman–Crippen LogP) is 2.11. The fourth-order valence-corrected chi connectivity index (χ4v) is 1.36. The van der Waals surface area contributed by atoms with Crippen molar-refractivity contribution in [2.75, 3.05) is 17.2 Å². The first-order chi connectivity index (χ1) is 9.19. The lowest BCUT2D eigenvalue weighted by atomic mass is 10.3. The summed E-state index contributed by atoms with van der Waals surface area (Å²) in [4.78, 5) is 7.77. The highest BCUT2D eigenvalue weighted by molar-refractivity contribution is 5.55. The van der Waals surface area contributed by atoms with Crippen molar-refractivity contribution < 1.29 is 9.50 Å². The normalized spacial score (nSPS) is 9.68. The van der Waals surface area contributed by atoms with Crippen LogP contribution in [0.4, 0.5) is 21.8 Å². The van der Waals surface area contributed by atoms with Gasteiger partial charge in [0, 0.05) is 5.69 Å². The van der Waals surface area contributed by atoms with Crippen LogP contribution in [0.5, 0.6) is 5.75 Å². The number of nitrogens with zero attached hydrogens (tertiary/aromatic N) is 2. The van der Waals surface area contributed by atoms with Crippen LogP contribution in [0.15, 0.2) is 30.5 Å². The second kappa shape index (κ2) is 5.69. The van der Waals surface area contributed by atoms with E-state index in [0.29, 0.717) is 5.69 Å². The van der Waals surface area contributed by atoms with E-state index in [4.69, 9.17) is 11.5 Å². The standard InChI is InChI=1S/C13H11FN4O/c1-2-7-15-12-11(14)8-16-13(18-12)17-9-3-5-10(19)6-4-9/h1,3-6,8,19H,7H2,(H2,15,16,17,18). The van der Waals surface area contributed by atoms with Crippen molar-refractivity contribution in [3.05, 3.63) is 36.3 Å². The van der Waals surface area contributed by atoms with Gasteiger partial charge in [-0.2, -0.15) is 4.98 Å². The maximum Gasteiger partial charge on any atom is 0.229 e. The number of halogens is 1. The molecule has 96 valence electrons. The fraction of sp³-hybridized carbons (Fsp3) is 0.0769. The number of aromatic nitrogens is 2. The average Bonchev–Trinajstić information content (AvgIpc) is 2.42. The summed E-state index contributed by atoms with van der Waals surface area (Å²) < 4.78 is 13.4. The van der Waals surface area contributed by atoms with Gasteiger partial charge in [-0.05, 0) is 24.3 Å². The smallest absolute Gasteiger partial charge is 0.229 e. The van der Waals surface area contributed by atoms with Gasteiger partial charge in [-0.3, -0.25) is 0 Å². The Balaban J connectivity index is 2.16. The average molecular weight is 258 g/mol. The zero-order valence-corrected chi connectivity index (χ0v) is 9.89. The molecular formula is C13H11FN4O. The highest BCUT2D eigenvalue weighted by atomic mass is 19.1. The summed E-state index contributed by atoms with van der Waals surface area (Å²) in [5, 5.41) is 14.7. The van der Waals surface area contributed by atoms with Gasteiger partial charge in [-0.1, -0.05) is 5.92 Å². The van der Waals surface area contributed by atoms with Gasteiger partial charge in [-0.25, -0.2) is 9.37 Å². The fourth-order valence-electron chi connectivity index (χ4n) is 1.36. The number of rotatable bonds is 4. The number of anilines is 3. The first-order valence-corrected chi connectivity index (χ1v) is 5.45. The van der Waals surface area contributed by atoms with Gasteiger partial charge in [0.1, 0.15) is 5.75 Å². The molecule has 0 aliphatic carbocycles. The second-order valence-corrected chi connectivity index (χ2v) is 3.62. The summed E-state index contributed by atoms with van der Waals surface area (Å²) in [6.45, 7) is 0.173. The highest BCUT2D eigenvalue weighted by Gasteiger charge is 2.06. The molecule has 5 nitrogen and oxygen atoms in total. The van der Waals surface area contributed by atoms with Crippen LogP contribution >= 0.6 is 0 Å². The number of nitrogens with one attached hydrogen (secondary N) is 2. The lowest BCUT2D eigenvalue weighted by Gasteiger charge is -2.07. The molecular weight excluding hydrogens is 247 g/mol. The van der Waals surface area contributed by atoms with E-state index in [9.17, 15) is 4.39 Å². The zero-order chi connectivity index (χ0) is 13.7. The van der Waals surface area contributed by atoms with Crippen molar-refractivity contribution >= 4 is 17.5 Å². The Hall–Kier alpha value is -2.81. The van der Waals surface area contributed by atoms with Crippen molar-refractivity contribution in [1.29, 1.82) is 0 Å². The number of benzene rings is 1. The largest absolute Gasteiger partial charge is 0.508 e. The molecule has 0 radical (unpaired) electrons. The molecule has 2 aromatic rings. The SMILES string of the molecule is C#CCNc1nc(Nc2ccc(O)cc2)ncc1F. The molecule has 1 heterocycles. The molecule has 0 amide bonds. The third kappa shape index (κ3) is 3.33. The summed E-state index contributed by atoms with van der Waals surface area (Å²) in [6, 6.07) is 6.33. The van der Waals surface area contributed by atoms with E-state index in [1.807, 2.05) is 0 Å². The third-order valence-electron chi connectivity index (χ3n) is 2.23. The number of hydrogen-bond acceptors (Lipinski definition) is 5. The Morgan fingerprint density at radius 2 is 2.05 bits per heavy atom. The van der Waals surface area contributed by atoms with Crippen LogP contribution in [0.3, 0.4) is 0 Å². The first-order valence-electron chi connectivity index (χ1n) is 5.45. The van der Waals surface area contributed by atoms with Crippen LogP contribution in [0.2, 0.25) is 0 Å². The quantitative estimate of drug-likeness (QED) is 0.579. The van der Waals surface area contributed by atoms with Gasteiger partial charge in [0.2, 0.25) is 5.95 Å². The van der Waals surface area contributed by atoms with Gasteiger partial charge in [0.15, 0.2) is 11.6 Å². The molecule has 3 N–H and O–H groups in total. The van der Waals surface area contributed by atoms with Crippen molar-refractivity contribution in [2.24, 2.45) is 0 Å². The minimum atomic E-state index is -0.577. The molecule has 0 saturated carbocycles. The summed E-state index contributed by atoms with van der Waals surface area (Å²) in [7, 11) is 0. The van der Waals surface area contributed by atoms with Crippen LogP contribution in [0, 0.1) is 18.2 Å². The molecule has 0 aliphatic heterocycles. The monoisotopic (exact) mass is 258 g/mol. The van der Waals surface area contributed by atoms with Gasteiger partial charge < -0.3 is 15.7 Å². The molecule has 2 rings (SSSR count). The van der Waals surface area contributed by atoms with Crippen molar-refractivity contribution in [1.82, 2.24) is 9.97 Å². The van der Waals surface area contributed by atoms with Crippen LogP contribution in [0.25, 0.3) is 0 Å². The zero-order valence-electron chi connectivity index (χ0n) is 9.89. The lowest BCUT2D eigenvalue weighted by Crippen LogP contribution is -2.06. The maximum absolute atomic E-state index is 13.4. The number of phenols is 1. The molecule has 0 aliphatic rings. The Morgan fingerprint density at radius 1 is 1.32 bits per heavy atom. The Morgan fingerprint density at radius 3 is 2.74 bits per heavy atom. The Bertz CT molecular complexity index is 607. The van der Waals surface area contributed by atoms with Crippen LogP contribution in [-0.4, -0.2) is 21.6 Å². The van der Waals surface area contributed by atoms with E-state index in [1.165, 1.54) is 12.1 Å². The van der Waals surface area contributed by atoms with Crippen molar-refractivity contribution in [3.63, 3.8) is 0 Å². The molecule has 19 heavy (non-hydrogen) atoms. The minimum absolute atomic E-state index is 0.0363. The molecule has 0 spiro atoms. The van der Waals surface area contributed by atoms with Gasteiger partial charge >= 0.3 is 0 Å². The highest BCUT2D eigenvalue weighted by Crippen LogP contribution is 2.18. The molecule has 1 aromatic heterocycles. The molecule has 0 unspecified atom stereocenters. The van der Waals surface area contributed by atoms with E-state index < -0.39 is 5.82 Å². The second-order valence-electron chi connectivity index (χ2n) is 3.62. The first kappa shape index (κ1) is 12.6. The minimum Gasteiger partial charge on any atom is -0.508 e. The number of terminal acetylenes is 1. The van der Waals surface area contributed by atoms with Gasteiger partial charge in [-0.15, -0.1) is 6.42 Å². The summed E-state index contributed by atoms with van der Waals surface area (Å²) >= 11 is 0. The summed E-state index contributed by atoms with van der Waals surface area (Å²) in [5.41, 5.74) is 0.673. The van der Waals surface area contributed by atoms with E-state index in [0.717, 1.165) is 6.20 Å². The van der Waals surface area contributed by atoms with E-state index in [-0.39, 0.29) is 24.1 Å². The predicted molar refractivity (Wildman–Crippen MR) is 70.7 cm³/mol. The third-order valence-corrected chi connectivity index (χ3v) is 2.23. The molecule has 0 fully saturated rings. The summed E-state index contributed by atoms with van der Waals surface area (Å²) in [5.74, 6) is 2.17. The Labute approximate surface area is 109 Å². The molecule has 0 bridgehead atoms. The lowest BCUT2D eigenvalue weighted by molar-refractivity contribution is 0.475. The van der Waals surface area contributed by atoms with Crippen LogP contribution < -0.4 is 10.6 Å².